The third-order valence-electron chi connectivity index (χ3n) is 3.37. The number of aromatic nitrogens is 1. The van der Waals surface area contributed by atoms with Gasteiger partial charge in [0, 0.05) is 18.3 Å². The Morgan fingerprint density at radius 3 is 2.84 bits per heavy atom. The van der Waals surface area contributed by atoms with Crippen LogP contribution in [-0.2, 0) is 11.3 Å². The molecule has 0 aliphatic heterocycles. The highest BCUT2D eigenvalue weighted by Gasteiger charge is 2.12. The number of carbonyl (C=O) groups is 1. The Labute approximate surface area is 159 Å². The van der Waals surface area contributed by atoms with Crippen LogP contribution < -0.4 is 5.32 Å². The molecule has 3 rings (SSSR count). The number of nitrogens with zero attached hydrogens (tertiary/aromatic N) is 2. The van der Waals surface area contributed by atoms with Crippen LogP contribution in [0.15, 0.2) is 46.3 Å². The second-order valence-corrected chi connectivity index (χ2v) is 7.27. The minimum atomic E-state index is -0.150. The molecule has 0 aliphatic carbocycles. The number of hydrogen-bond acceptors (Lipinski definition) is 5. The van der Waals surface area contributed by atoms with Crippen LogP contribution in [0.25, 0.3) is 10.6 Å². The maximum Gasteiger partial charge on any atom is 0.238 e. The van der Waals surface area contributed by atoms with Gasteiger partial charge in [0.25, 0.3) is 0 Å². The molecule has 1 aromatic carbocycles. The average Bonchev–Trinajstić information content (AvgIpc) is 3.21. The molecule has 1 amide bonds. The van der Waals surface area contributed by atoms with Crippen LogP contribution in [0.4, 0.5) is 5.69 Å². The number of likely N-dealkylation sites (N-methyl/N-ethyl adjacent to an activating group) is 1. The van der Waals surface area contributed by atoms with Gasteiger partial charge >= 0.3 is 0 Å². The number of benzene rings is 1. The Bertz CT molecular complexity index is 865. The highest BCUT2D eigenvalue weighted by atomic mass is 35.5. The van der Waals surface area contributed by atoms with Gasteiger partial charge in [-0.2, -0.15) is 0 Å². The van der Waals surface area contributed by atoms with Crippen LogP contribution in [0.3, 0.4) is 0 Å². The summed E-state index contributed by atoms with van der Waals surface area (Å²) in [6, 6.07) is 10.8. The number of halogens is 2. The Kier molecular flexibility index (Phi) is 5.75. The van der Waals surface area contributed by atoms with E-state index < -0.39 is 0 Å². The van der Waals surface area contributed by atoms with E-state index in [4.69, 9.17) is 27.7 Å². The van der Waals surface area contributed by atoms with Crippen LogP contribution in [0.1, 0.15) is 5.69 Å². The third kappa shape index (κ3) is 4.83. The summed E-state index contributed by atoms with van der Waals surface area (Å²) in [5.74, 6) is 0.585. The smallest absolute Gasteiger partial charge is 0.238 e. The average molecular weight is 396 g/mol. The standard InChI is InChI=1S/C17H15Cl2N3O2S/c1-22(9-12-8-15(24-21-12)16-3-2-6-25-16)10-17(23)20-11-4-5-13(18)14(19)7-11/h2-8H,9-10H2,1H3,(H,20,23). The lowest BCUT2D eigenvalue weighted by atomic mass is 10.3. The molecule has 2 aromatic heterocycles. The highest BCUT2D eigenvalue weighted by Crippen LogP contribution is 2.26. The van der Waals surface area contributed by atoms with Gasteiger partial charge in [0.2, 0.25) is 5.91 Å². The Hall–Kier alpha value is -1.86. The molecule has 0 bridgehead atoms. The molecule has 25 heavy (non-hydrogen) atoms. The zero-order chi connectivity index (χ0) is 17.8. The number of carbonyl (C=O) groups excluding carboxylic acids is 1. The molecule has 0 unspecified atom stereocenters. The van der Waals surface area contributed by atoms with Crippen LogP contribution in [0, 0.1) is 0 Å². The van der Waals surface area contributed by atoms with Gasteiger partial charge < -0.3 is 9.84 Å². The predicted molar refractivity (Wildman–Crippen MR) is 101 cm³/mol. The maximum absolute atomic E-state index is 12.1. The lowest BCUT2D eigenvalue weighted by molar-refractivity contribution is -0.117. The summed E-state index contributed by atoms with van der Waals surface area (Å²) in [5, 5.41) is 9.67. The van der Waals surface area contributed by atoms with E-state index in [-0.39, 0.29) is 12.5 Å². The van der Waals surface area contributed by atoms with Gasteiger partial charge in [-0.1, -0.05) is 34.4 Å². The van der Waals surface area contributed by atoms with E-state index >= 15 is 0 Å². The molecule has 0 aliphatic rings. The highest BCUT2D eigenvalue weighted by molar-refractivity contribution is 7.13. The molecule has 8 heteroatoms. The van der Waals surface area contributed by atoms with E-state index in [1.165, 1.54) is 0 Å². The number of rotatable bonds is 6. The van der Waals surface area contributed by atoms with Crippen LogP contribution in [0.5, 0.6) is 0 Å². The minimum Gasteiger partial charge on any atom is -0.355 e. The van der Waals surface area contributed by atoms with Crippen molar-refractivity contribution in [2.75, 3.05) is 18.9 Å². The van der Waals surface area contributed by atoms with Crippen molar-refractivity contribution in [2.45, 2.75) is 6.54 Å². The predicted octanol–water partition coefficient (Wildman–Crippen LogP) is 4.78. The third-order valence-corrected chi connectivity index (χ3v) is 5.00. The monoisotopic (exact) mass is 395 g/mol. The molecule has 0 saturated heterocycles. The van der Waals surface area contributed by atoms with Gasteiger partial charge in [-0.3, -0.25) is 9.69 Å². The van der Waals surface area contributed by atoms with E-state index in [2.05, 4.69) is 10.5 Å². The molecular weight excluding hydrogens is 381 g/mol. The summed E-state index contributed by atoms with van der Waals surface area (Å²) >= 11 is 13.4. The second-order valence-electron chi connectivity index (χ2n) is 5.51. The lowest BCUT2D eigenvalue weighted by Crippen LogP contribution is -2.29. The zero-order valence-electron chi connectivity index (χ0n) is 13.3. The van der Waals surface area contributed by atoms with Crippen molar-refractivity contribution in [3.63, 3.8) is 0 Å². The largest absolute Gasteiger partial charge is 0.355 e. The molecule has 0 fully saturated rings. The number of amides is 1. The number of nitrogens with one attached hydrogen (secondary N) is 1. The van der Waals surface area contributed by atoms with Gasteiger partial charge in [0.1, 0.15) is 0 Å². The van der Waals surface area contributed by atoms with E-state index in [0.29, 0.717) is 22.3 Å². The molecular formula is C17H15Cl2N3O2S. The van der Waals surface area contributed by atoms with Gasteiger partial charge in [0.05, 0.1) is 27.2 Å². The van der Waals surface area contributed by atoms with E-state index in [1.54, 1.807) is 29.5 Å². The van der Waals surface area contributed by atoms with Crippen molar-refractivity contribution < 1.29 is 9.32 Å². The first-order valence-corrected chi connectivity index (χ1v) is 9.08. The molecule has 0 radical (unpaired) electrons. The SMILES string of the molecule is CN(CC(=O)Nc1ccc(Cl)c(Cl)c1)Cc1cc(-c2cccs2)on1. The summed E-state index contributed by atoms with van der Waals surface area (Å²) in [6.07, 6.45) is 0. The molecule has 0 saturated carbocycles. The van der Waals surface area contributed by atoms with Gasteiger partial charge in [-0.25, -0.2) is 0 Å². The summed E-state index contributed by atoms with van der Waals surface area (Å²) in [4.78, 5) is 15.0. The maximum atomic E-state index is 12.1. The van der Waals surface area contributed by atoms with Crippen molar-refractivity contribution in [2.24, 2.45) is 0 Å². The van der Waals surface area contributed by atoms with Crippen LogP contribution in [0.2, 0.25) is 10.0 Å². The van der Waals surface area contributed by atoms with Crippen molar-refractivity contribution >= 4 is 46.1 Å². The van der Waals surface area contributed by atoms with Crippen LogP contribution >= 0.6 is 34.5 Å². The topological polar surface area (TPSA) is 58.4 Å². The fraction of sp³-hybridized carbons (Fsp3) is 0.176. The van der Waals surface area contributed by atoms with E-state index in [1.807, 2.05) is 35.5 Å². The van der Waals surface area contributed by atoms with E-state index in [9.17, 15) is 4.79 Å². The quantitative estimate of drug-likeness (QED) is 0.652. The normalized spacial score (nSPS) is 11.0. The first-order chi connectivity index (χ1) is 12.0. The molecule has 0 spiro atoms. The minimum absolute atomic E-state index is 0.150. The molecule has 2 heterocycles. The summed E-state index contributed by atoms with van der Waals surface area (Å²) in [5.41, 5.74) is 1.38. The number of thiophene rings is 1. The van der Waals surface area contributed by atoms with Gasteiger partial charge in [-0.15, -0.1) is 11.3 Å². The van der Waals surface area contributed by atoms with Gasteiger partial charge in [0.15, 0.2) is 5.76 Å². The molecule has 130 valence electrons. The fourth-order valence-electron chi connectivity index (χ4n) is 2.27. The summed E-state index contributed by atoms with van der Waals surface area (Å²) < 4.78 is 5.34. The Morgan fingerprint density at radius 1 is 1.28 bits per heavy atom. The summed E-state index contributed by atoms with van der Waals surface area (Å²) in [7, 11) is 1.84. The fourth-order valence-corrected chi connectivity index (χ4v) is 3.24. The number of hydrogen-bond donors (Lipinski definition) is 1. The van der Waals surface area contributed by atoms with Gasteiger partial charge in [-0.05, 0) is 36.7 Å². The first kappa shape index (κ1) is 17.9. The summed E-state index contributed by atoms with van der Waals surface area (Å²) in [6.45, 7) is 0.713. The Morgan fingerprint density at radius 2 is 2.12 bits per heavy atom. The first-order valence-electron chi connectivity index (χ1n) is 7.44. The molecule has 0 atom stereocenters. The number of anilines is 1. The van der Waals surface area contributed by atoms with Crippen molar-refractivity contribution in [3.05, 3.63) is 57.5 Å². The van der Waals surface area contributed by atoms with Crippen molar-refractivity contribution in [1.82, 2.24) is 10.1 Å². The van der Waals surface area contributed by atoms with Crippen LogP contribution in [-0.4, -0.2) is 29.6 Å². The van der Waals surface area contributed by atoms with E-state index in [0.717, 1.165) is 16.3 Å². The van der Waals surface area contributed by atoms with Crippen molar-refractivity contribution in [3.8, 4) is 10.6 Å². The molecule has 1 N–H and O–H groups in total. The second kappa shape index (κ2) is 8.01. The Balaban J connectivity index is 1.54. The lowest BCUT2D eigenvalue weighted by Gasteiger charge is -2.14. The zero-order valence-corrected chi connectivity index (χ0v) is 15.7. The molecule has 3 aromatic rings. The van der Waals surface area contributed by atoms with Crippen molar-refractivity contribution in [1.29, 1.82) is 0 Å². The molecule has 5 nitrogen and oxygen atoms in total.